The van der Waals surface area contributed by atoms with Crippen molar-refractivity contribution in [3.63, 3.8) is 0 Å². The predicted molar refractivity (Wildman–Crippen MR) is 87.0 cm³/mol. The second kappa shape index (κ2) is 8.10. The topological polar surface area (TPSA) is 83.6 Å². The number of benzene rings is 2. The van der Waals surface area contributed by atoms with Crippen LogP contribution in [0.1, 0.15) is 17.5 Å². The van der Waals surface area contributed by atoms with Crippen molar-refractivity contribution >= 4 is 11.8 Å². The molecule has 0 radical (unpaired) electrons. The Kier molecular flexibility index (Phi) is 5.88. The molecule has 5 nitrogen and oxygen atoms in total. The second-order valence-electron chi connectivity index (χ2n) is 5.35. The smallest absolute Gasteiger partial charge is 0.252 e. The number of aliphatic hydroxyl groups is 1. The quantitative estimate of drug-likeness (QED) is 0.811. The summed E-state index contributed by atoms with van der Waals surface area (Å²) in [6.07, 6.45) is -1.79. The lowest BCUT2D eigenvalue weighted by Crippen LogP contribution is -2.40. The first-order valence-electron chi connectivity index (χ1n) is 7.39. The maximum Gasteiger partial charge on any atom is 0.252 e. The van der Waals surface area contributed by atoms with Gasteiger partial charge in [0.05, 0.1) is 6.42 Å². The highest BCUT2D eigenvalue weighted by atomic mass is 16.3. The summed E-state index contributed by atoms with van der Waals surface area (Å²) in [5.41, 5.74) is 6.96. The number of hydrogen-bond acceptors (Lipinski definition) is 3. The largest absolute Gasteiger partial charge is 0.383 e. The molecule has 0 fully saturated rings. The lowest BCUT2D eigenvalue weighted by atomic mass is 10.1. The van der Waals surface area contributed by atoms with E-state index in [1.165, 1.54) is 4.90 Å². The number of carbonyl (C=O) groups excluding carboxylic acids is 2. The highest BCUT2D eigenvalue weighted by Gasteiger charge is 2.24. The van der Waals surface area contributed by atoms with Gasteiger partial charge in [0.1, 0.15) is 6.10 Å². The van der Waals surface area contributed by atoms with E-state index < -0.39 is 17.9 Å². The molecule has 2 rings (SSSR count). The van der Waals surface area contributed by atoms with Crippen LogP contribution >= 0.6 is 0 Å². The molecular weight excluding hydrogens is 292 g/mol. The molecule has 0 aliphatic rings. The maximum absolute atomic E-state index is 12.5. The van der Waals surface area contributed by atoms with Gasteiger partial charge in [-0.2, -0.15) is 0 Å². The van der Waals surface area contributed by atoms with Crippen LogP contribution in [0.4, 0.5) is 0 Å². The molecule has 0 aliphatic heterocycles. The third kappa shape index (κ3) is 5.23. The van der Waals surface area contributed by atoms with Crippen LogP contribution in [0.2, 0.25) is 0 Å². The van der Waals surface area contributed by atoms with E-state index in [1.807, 2.05) is 60.7 Å². The van der Waals surface area contributed by atoms with Crippen LogP contribution in [0, 0.1) is 0 Å². The van der Waals surface area contributed by atoms with Crippen LogP contribution in [-0.4, -0.2) is 27.9 Å². The number of nitrogens with zero attached hydrogens (tertiary/aromatic N) is 1. The van der Waals surface area contributed by atoms with Gasteiger partial charge in [-0.3, -0.25) is 9.59 Å². The highest BCUT2D eigenvalue weighted by Crippen LogP contribution is 2.12. The van der Waals surface area contributed by atoms with Gasteiger partial charge in [-0.25, -0.2) is 0 Å². The van der Waals surface area contributed by atoms with Gasteiger partial charge in [0, 0.05) is 13.1 Å². The number of nitrogens with two attached hydrogens (primary N) is 1. The summed E-state index contributed by atoms with van der Waals surface area (Å²) in [7, 11) is 0. The number of aliphatic hydroxyl groups excluding tert-OH is 1. The van der Waals surface area contributed by atoms with Crippen molar-refractivity contribution in [2.45, 2.75) is 25.6 Å². The van der Waals surface area contributed by atoms with E-state index in [2.05, 4.69) is 0 Å². The molecule has 0 heterocycles. The maximum atomic E-state index is 12.5. The van der Waals surface area contributed by atoms with Gasteiger partial charge in [-0.15, -0.1) is 0 Å². The van der Waals surface area contributed by atoms with Crippen molar-refractivity contribution in [1.29, 1.82) is 0 Å². The van der Waals surface area contributed by atoms with Crippen molar-refractivity contribution in [3.8, 4) is 0 Å². The first kappa shape index (κ1) is 16.7. The fourth-order valence-corrected chi connectivity index (χ4v) is 2.31. The fourth-order valence-electron chi connectivity index (χ4n) is 2.31. The number of rotatable bonds is 7. The van der Waals surface area contributed by atoms with E-state index in [1.54, 1.807) is 0 Å². The summed E-state index contributed by atoms with van der Waals surface area (Å²) < 4.78 is 0. The van der Waals surface area contributed by atoms with Crippen LogP contribution in [0.5, 0.6) is 0 Å². The van der Waals surface area contributed by atoms with E-state index in [4.69, 9.17) is 5.73 Å². The minimum absolute atomic E-state index is 0.352. The van der Waals surface area contributed by atoms with Gasteiger partial charge in [0.25, 0.3) is 5.91 Å². The summed E-state index contributed by atoms with van der Waals surface area (Å²) in [6.45, 7) is 0.703. The Hall–Kier alpha value is -2.66. The molecule has 0 aromatic heterocycles. The summed E-state index contributed by atoms with van der Waals surface area (Å²) in [5, 5.41) is 9.92. The van der Waals surface area contributed by atoms with Crippen LogP contribution < -0.4 is 5.73 Å². The molecule has 23 heavy (non-hydrogen) atoms. The van der Waals surface area contributed by atoms with Crippen LogP contribution in [-0.2, 0) is 22.7 Å². The number of carbonyl (C=O) groups is 2. The Bertz CT molecular complexity index is 602. The van der Waals surface area contributed by atoms with Gasteiger partial charge in [0.2, 0.25) is 5.91 Å². The van der Waals surface area contributed by atoms with Gasteiger partial charge in [-0.05, 0) is 11.1 Å². The fraction of sp³-hybridized carbons (Fsp3) is 0.222. The molecule has 0 aliphatic carbocycles. The average Bonchev–Trinajstić information content (AvgIpc) is 2.55. The highest BCUT2D eigenvalue weighted by molar-refractivity contribution is 5.86. The molecular formula is C18H20N2O3. The molecule has 0 unspecified atom stereocenters. The molecule has 1 atom stereocenters. The van der Waals surface area contributed by atoms with Crippen molar-refractivity contribution in [2.24, 2.45) is 5.73 Å². The van der Waals surface area contributed by atoms with Crippen molar-refractivity contribution in [2.75, 3.05) is 0 Å². The number of amides is 2. The molecule has 2 amide bonds. The Balaban J connectivity index is 2.16. The van der Waals surface area contributed by atoms with Crippen LogP contribution in [0.15, 0.2) is 60.7 Å². The normalized spacial score (nSPS) is 11.7. The molecule has 0 saturated heterocycles. The Morgan fingerprint density at radius 3 is 1.74 bits per heavy atom. The molecule has 0 bridgehead atoms. The zero-order valence-electron chi connectivity index (χ0n) is 12.8. The molecule has 5 heteroatoms. The lowest BCUT2D eigenvalue weighted by Gasteiger charge is -2.25. The molecule has 3 N–H and O–H groups in total. The van der Waals surface area contributed by atoms with Crippen LogP contribution in [0.3, 0.4) is 0 Å². The van der Waals surface area contributed by atoms with E-state index in [0.717, 1.165) is 11.1 Å². The molecule has 0 spiro atoms. The summed E-state index contributed by atoms with van der Waals surface area (Å²) in [5.74, 6) is -1.21. The first-order valence-corrected chi connectivity index (χ1v) is 7.39. The van der Waals surface area contributed by atoms with E-state index in [-0.39, 0.29) is 6.42 Å². The van der Waals surface area contributed by atoms with Gasteiger partial charge >= 0.3 is 0 Å². The first-order chi connectivity index (χ1) is 11.1. The summed E-state index contributed by atoms with van der Waals surface area (Å²) in [6, 6.07) is 19.0. The molecule has 120 valence electrons. The SMILES string of the molecule is NC(=O)C[C@H](O)C(=O)N(Cc1ccccc1)Cc1ccccc1. The van der Waals surface area contributed by atoms with Crippen molar-refractivity contribution < 1.29 is 14.7 Å². The third-order valence-electron chi connectivity index (χ3n) is 3.42. The number of primary amides is 1. The minimum atomic E-state index is -1.42. The van der Waals surface area contributed by atoms with Crippen molar-refractivity contribution in [3.05, 3.63) is 71.8 Å². The van der Waals surface area contributed by atoms with E-state index >= 15 is 0 Å². The summed E-state index contributed by atoms with van der Waals surface area (Å²) >= 11 is 0. The van der Waals surface area contributed by atoms with E-state index in [9.17, 15) is 14.7 Å². The van der Waals surface area contributed by atoms with Crippen LogP contribution in [0.25, 0.3) is 0 Å². The summed E-state index contributed by atoms with van der Waals surface area (Å²) in [4.78, 5) is 24.9. The zero-order chi connectivity index (χ0) is 16.7. The molecule has 2 aromatic carbocycles. The van der Waals surface area contributed by atoms with Gasteiger partial charge in [-0.1, -0.05) is 60.7 Å². The van der Waals surface area contributed by atoms with Gasteiger partial charge < -0.3 is 15.7 Å². The molecule has 2 aromatic rings. The Morgan fingerprint density at radius 1 is 0.913 bits per heavy atom. The third-order valence-corrected chi connectivity index (χ3v) is 3.42. The van der Waals surface area contributed by atoms with Crippen molar-refractivity contribution in [1.82, 2.24) is 4.90 Å². The average molecular weight is 312 g/mol. The number of hydrogen-bond donors (Lipinski definition) is 2. The monoisotopic (exact) mass is 312 g/mol. The molecule has 0 saturated carbocycles. The Labute approximate surface area is 135 Å². The standard InChI is InChI=1S/C18H20N2O3/c19-17(22)11-16(21)18(23)20(12-14-7-3-1-4-8-14)13-15-9-5-2-6-10-15/h1-10,16,21H,11-13H2,(H2,19,22)/t16-/m0/s1. The second-order valence-corrected chi connectivity index (χ2v) is 5.35. The van der Waals surface area contributed by atoms with Gasteiger partial charge in [0.15, 0.2) is 0 Å². The lowest BCUT2D eigenvalue weighted by molar-refractivity contribution is -0.144. The van der Waals surface area contributed by atoms with E-state index in [0.29, 0.717) is 13.1 Å². The Morgan fingerprint density at radius 2 is 1.35 bits per heavy atom. The minimum Gasteiger partial charge on any atom is -0.383 e. The predicted octanol–water partition coefficient (Wildman–Crippen LogP) is 1.45. The zero-order valence-corrected chi connectivity index (χ0v) is 12.8.